The first-order valence-electron chi connectivity index (χ1n) is 9.81. The van der Waals surface area contributed by atoms with Gasteiger partial charge in [0.1, 0.15) is 12.3 Å². The number of aryl methyl sites for hydroxylation is 1. The van der Waals surface area contributed by atoms with Crippen LogP contribution in [0.4, 0.5) is 0 Å². The van der Waals surface area contributed by atoms with E-state index in [0.29, 0.717) is 11.1 Å². The first-order valence-corrected chi connectivity index (χ1v) is 10.3. The molecule has 0 bridgehead atoms. The van der Waals surface area contributed by atoms with E-state index in [0.717, 1.165) is 11.1 Å². The van der Waals surface area contributed by atoms with Crippen LogP contribution in [0.2, 0.25) is 0 Å². The highest BCUT2D eigenvalue weighted by Crippen LogP contribution is 2.34. The van der Waals surface area contributed by atoms with Crippen molar-refractivity contribution in [2.45, 2.75) is 25.8 Å². The fourth-order valence-corrected chi connectivity index (χ4v) is 3.70. The molecule has 0 aromatic heterocycles. The smallest absolute Gasteiger partial charge is 0.355 e. The number of hydrogen-bond donors (Lipinski definition) is 1. The molecule has 0 spiro atoms. The molecule has 0 radical (unpaired) electrons. The quantitative estimate of drug-likeness (QED) is 0.424. The second-order valence-electron chi connectivity index (χ2n) is 7.37. The molecule has 2 heterocycles. The van der Waals surface area contributed by atoms with E-state index in [4.69, 9.17) is 21.1 Å². The van der Waals surface area contributed by atoms with Gasteiger partial charge in [0, 0.05) is 17.0 Å². The number of carbonyl (C=O) groups is 3. The van der Waals surface area contributed by atoms with E-state index in [1.165, 1.54) is 4.90 Å². The van der Waals surface area contributed by atoms with Crippen molar-refractivity contribution in [1.29, 1.82) is 0 Å². The molecular formula is C23H21ClN2O5. The van der Waals surface area contributed by atoms with Gasteiger partial charge in [0.05, 0.1) is 6.61 Å². The number of benzene rings is 2. The Morgan fingerprint density at radius 1 is 1.16 bits per heavy atom. The molecule has 31 heavy (non-hydrogen) atoms. The Morgan fingerprint density at radius 2 is 1.87 bits per heavy atom. The largest absolute Gasteiger partial charge is 0.456 e. The Kier molecular flexibility index (Phi) is 6.06. The number of nitrogens with one attached hydrogen (secondary N) is 1. The minimum atomic E-state index is -0.886. The fourth-order valence-electron chi connectivity index (χ4n) is 3.50. The number of ether oxygens (including phenoxy) is 2. The zero-order chi connectivity index (χ0) is 22.0. The summed E-state index contributed by atoms with van der Waals surface area (Å²) in [6, 6.07) is 15.3. The van der Waals surface area contributed by atoms with Crippen LogP contribution in [0.3, 0.4) is 0 Å². The number of hydrogen-bond acceptors (Lipinski definition) is 5. The molecule has 1 N–H and O–H groups in total. The van der Waals surface area contributed by atoms with Gasteiger partial charge in [-0.2, -0.15) is 0 Å². The molecule has 2 atom stereocenters. The first kappa shape index (κ1) is 21.1. The number of fused-ring (bicyclic) bond motifs is 1. The van der Waals surface area contributed by atoms with Gasteiger partial charge in [-0.05, 0) is 24.6 Å². The van der Waals surface area contributed by atoms with Gasteiger partial charge in [0.25, 0.3) is 11.8 Å². The molecule has 0 saturated carbocycles. The summed E-state index contributed by atoms with van der Waals surface area (Å²) in [7, 11) is 0. The lowest BCUT2D eigenvalue weighted by molar-refractivity contribution is -0.183. The average Bonchev–Trinajstić information content (AvgIpc) is 2.80. The van der Waals surface area contributed by atoms with Gasteiger partial charge in [-0.1, -0.05) is 48.0 Å². The van der Waals surface area contributed by atoms with Crippen LogP contribution in [0.1, 0.15) is 21.5 Å². The highest BCUT2D eigenvalue weighted by atomic mass is 35.5. The molecule has 160 valence electrons. The molecular weight excluding hydrogens is 420 g/mol. The molecule has 2 amide bonds. The van der Waals surface area contributed by atoms with Crippen molar-refractivity contribution in [2.75, 3.05) is 12.5 Å². The molecule has 7 nitrogen and oxygen atoms in total. The average molecular weight is 441 g/mol. The molecule has 2 aliphatic heterocycles. The van der Waals surface area contributed by atoms with Crippen molar-refractivity contribution in [3.8, 4) is 0 Å². The number of esters is 1. The van der Waals surface area contributed by atoms with Crippen LogP contribution in [-0.4, -0.2) is 47.4 Å². The number of nitrogens with zero attached hydrogens (tertiary/aromatic N) is 1. The summed E-state index contributed by atoms with van der Waals surface area (Å²) in [5.41, 5.74) is 2.84. The van der Waals surface area contributed by atoms with Gasteiger partial charge in [-0.25, -0.2) is 4.79 Å². The van der Waals surface area contributed by atoms with E-state index < -0.39 is 24.1 Å². The second kappa shape index (κ2) is 8.91. The Hall–Kier alpha value is -3.16. The molecule has 2 aromatic rings. The predicted octanol–water partition coefficient (Wildman–Crippen LogP) is 2.53. The van der Waals surface area contributed by atoms with E-state index >= 15 is 0 Å². The molecule has 1 saturated heterocycles. The Balaban J connectivity index is 1.46. The third-order valence-electron chi connectivity index (χ3n) is 5.22. The van der Waals surface area contributed by atoms with Gasteiger partial charge in [0.15, 0.2) is 12.3 Å². The zero-order valence-electron chi connectivity index (χ0n) is 16.8. The van der Waals surface area contributed by atoms with Crippen LogP contribution in [0.15, 0.2) is 65.9 Å². The number of rotatable bonds is 6. The van der Waals surface area contributed by atoms with Crippen LogP contribution in [0.25, 0.3) is 0 Å². The Bertz CT molecular complexity index is 1040. The van der Waals surface area contributed by atoms with Gasteiger partial charge >= 0.3 is 5.97 Å². The predicted molar refractivity (Wildman–Crippen MR) is 113 cm³/mol. The molecule has 2 aromatic carbocycles. The van der Waals surface area contributed by atoms with E-state index in [2.05, 4.69) is 5.32 Å². The van der Waals surface area contributed by atoms with Crippen molar-refractivity contribution < 1.29 is 23.9 Å². The molecule has 0 aliphatic carbocycles. The number of carbonyl (C=O) groups excluding carboxylic acids is 3. The first-order chi connectivity index (χ1) is 15.0. The van der Waals surface area contributed by atoms with Crippen LogP contribution in [0.5, 0.6) is 0 Å². The lowest BCUT2D eigenvalue weighted by Crippen LogP contribution is -2.73. The van der Waals surface area contributed by atoms with E-state index in [9.17, 15) is 14.4 Å². The zero-order valence-corrected chi connectivity index (χ0v) is 17.6. The maximum atomic E-state index is 12.8. The summed E-state index contributed by atoms with van der Waals surface area (Å²) in [6.07, 6.45) is -0.784. The summed E-state index contributed by atoms with van der Waals surface area (Å²) in [4.78, 5) is 39.3. The minimum absolute atomic E-state index is 0.0205. The van der Waals surface area contributed by atoms with Crippen molar-refractivity contribution >= 4 is 29.4 Å². The molecule has 8 heteroatoms. The number of amides is 2. The third-order valence-corrected chi connectivity index (χ3v) is 5.54. The summed E-state index contributed by atoms with van der Waals surface area (Å²) in [6.45, 7) is 2.06. The topological polar surface area (TPSA) is 84.9 Å². The normalized spacial score (nSPS) is 20.1. The molecule has 1 fully saturated rings. The second-order valence-corrected chi connectivity index (χ2v) is 7.64. The summed E-state index contributed by atoms with van der Waals surface area (Å²) >= 11 is 5.98. The lowest BCUT2D eigenvalue weighted by Gasteiger charge is -2.49. The maximum absolute atomic E-state index is 12.8. The van der Waals surface area contributed by atoms with Gasteiger partial charge < -0.3 is 14.8 Å². The molecule has 2 aliphatic rings. The number of alkyl halides is 1. The highest BCUT2D eigenvalue weighted by Gasteiger charge is 2.55. The van der Waals surface area contributed by atoms with Gasteiger partial charge in [0.2, 0.25) is 0 Å². The molecule has 2 unspecified atom stereocenters. The number of β-lactam (4-membered cyclic amide) rings is 1. The van der Waals surface area contributed by atoms with Crippen LogP contribution >= 0.6 is 11.6 Å². The minimum Gasteiger partial charge on any atom is -0.456 e. The van der Waals surface area contributed by atoms with Gasteiger partial charge in [-0.3, -0.25) is 14.5 Å². The van der Waals surface area contributed by atoms with Crippen molar-refractivity contribution in [3.05, 3.63) is 82.6 Å². The highest BCUT2D eigenvalue weighted by molar-refractivity contribution is 6.20. The third kappa shape index (κ3) is 4.19. The summed E-state index contributed by atoms with van der Waals surface area (Å²) < 4.78 is 11.1. The van der Waals surface area contributed by atoms with Crippen molar-refractivity contribution in [3.63, 3.8) is 0 Å². The Morgan fingerprint density at radius 3 is 2.55 bits per heavy atom. The van der Waals surface area contributed by atoms with Crippen LogP contribution < -0.4 is 5.32 Å². The van der Waals surface area contributed by atoms with Gasteiger partial charge in [-0.15, -0.1) is 11.6 Å². The maximum Gasteiger partial charge on any atom is 0.355 e. The van der Waals surface area contributed by atoms with E-state index in [1.807, 2.05) is 49.4 Å². The summed E-state index contributed by atoms with van der Waals surface area (Å²) in [5, 5.41) is 2.69. The SMILES string of the molecule is Cc1ccc(C(=O)NC2C(=O)N3C(C(=O)OCc4ccccc4)=C(CCl)COC23)cc1. The summed E-state index contributed by atoms with van der Waals surface area (Å²) in [5.74, 6) is -1.46. The fraction of sp³-hybridized carbons (Fsp3) is 0.261. The van der Waals surface area contributed by atoms with Crippen molar-refractivity contribution in [2.24, 2.45) is 0 Å². The van der Waals surface area contributed by atoms with Crippen molar-refractivity contribution in [1.82, 2.24) is 10.2 Å². The van der Waals surface area contributed by atoms with E-state index in [1.54, 1.807) is 12.1 Å². The molecule has 4 rings (SSSR count). The standard InChI is InChI=1S/C23H21ClN2O5/c1-14-7-9-16(10-8-14)20(27)25-18-21(28)26-19(17(11-24)13-30-22(18)26)23(29)31-12-15-5-3-2-4-6-15/h2-10,18,22H,11-13H2,1H3,(H,25,27). The van der Waals surface area contributed by atoms with Crippen LogP contribution in [0, 0.1) is 6.92 Å². The Labute approximate surface area is 184 Å². The lowest BCUT2D eigenvalue weighted by atomic mass is 9.98. The van der Waals surface area contributed by atoms with E-state index in [-0.39, 0.29) is 30.7 Å². The monoisotopic (exact) mass is 440 g/mol. The van der Waals surface area contributed by atoms with Crippen LogP contribution in [-0.2, 0) is 25.7 Å². The number of halogens is 1.